The lowest BCUT2D eigenvalue weighted by molar-refractivity contribution is 0.288. The highest BCUT2D eigenvalue weighted by Gasteiger charge is 2.12. The monoisotopic (exact) mass is 502 g/mol. The quantitative estimate of drug-likeness (QED) is 0.239. The lowest BCUT2D eigenvalue weighted by Gasteiger charge is -2.11. The van der Waals surface area contributed by atoms with Gasteiger partial charge in [-0.2, -0.15) is 9.78 Å². The summed E-state index contributed by atoms with van der Waals surface area (Å²) >= 11 is 5.10. The topological polar surface area (TPSA) is 61.5 Å². The molecule has 1 aromatic heterocycles. The zero-order valence-corrected chi connectivity index (χ0v) is 20.4. The Balaban J connectivity index is 1.82. The Kier molecular flexibility index (Phi) is 8.97. The smallest absolute Gasteiger partial charge is 0.212 e. The molecule has 0 bridgehead atoms. The predicted molar refractivity (Wildman–Crippen MR) is 129 cm³/mol. The van der Waals surface area contributed by atoms with Crippen LogP contribution in [0.2, 0.25) is 0 Å². The van der Waals surface area contributed by atoms with Gasteiger partial charge in [0.15, 0.2) is 17.3 Å². The lowest BCUT2D eigenvalue weighted by atomic mass is 10.2. The maximum Gasteiger partial charge on any atom is 0.212 e. The van der Waals surface area contributed by atoms with Gasteiger partial charge in [0.1, 0.15) is 0 Å². The van der Waals surface area contributed by atoms with Crippen LogP contribution in [0.5, 0.6) is 11.5 Å². The summed E-state index contributed by atoms with van der Waals surface area (Å²) in [6, 6.07) is 14.1. The first-order valence-corrected chi connectivity index (χ1v) is 12.2. The van der Waals surface area contributed by atoms with Crippen LogP contribution < -0.4 is 9.47 Å². The molecule has 0 fully saturated rings. The van der Waals surface area contributed by atoms with Crippen LogP contribution in [0.15, 0.2) is 57.2 Å². The second-order valence-corrected chi connectivity index (χ2v) is 8.55. The summed E-state index contributed by atoms with van der Waals surface area (Å²) < 4.78 is 14.3. The molecule has 0 saturated heterocycles. The number of benzene rings is 2. The predicted octanol–water partition coefficient (Wildman–Crippen LogP) is 5.97. The van der Waals surface area contributed by atoms with Gasteiger partial charge in [-0.1, -0.05) is 46.7 Å². The molecular weight excluding hydrogens is 476 g/mol. The molecule has 1 heterocycles. The SMILES string of the molecule is CCCc1nnc(SCc2ccc(Br)cc2)n1/N=C\c1ccc(OCC)c(OCC)c1. The summed E-state index contributed by atoms with van der Waals surface area (Å²) in [5.74, 6) is 3.11. The van der Waals surface area contributed by atoms with Gasteiger partial charge in [0.2, 0.25) is 5.16 Å². The van der Waals surface area contributed by atoms with E-state index >= 15 is 0 Å². The molecule has 2 aromatic carbocycles. The van der Waals surface area contributed by atoms with Gasteiger partial charge >= 0.3 is 0 Å². The van der Waals surface area contributed by atoms with Gasteiger partial charge < -0.3 is 9.47 Å². The van der Waals surface area contributed by atoms with Crippen molar-refractivity contribution < 1.29 is 9.47 Å². The molecule has 0 saturated carbocycles. The number of halogens is 1. The molecule has 0 N–H and O–H groups in total. The molecule has 0 aliphatic carbocycles. The minimum absolute atomic E-state index is 0.573. The Bertz CT molecular complexity index is 1010. The molecule has 0 spiro atoms. The third-order valence-corrected chi connectivity index (χ3v) is 5.84. The molecule has 8 heteroatoms. The number of ether oxygens (including phenoxy) is 2. The maximum atomic E-state index is 5.72. The highest BCUT2D eigenvalue weighted by Crippen LogP contribution is 2.28. The zero-order chi connectivity index (χ0) is 22.1. The van der Waals surface area contributed by atoms with Gasteiger partial charge in [-0.05, 0) is 61.7 Å². The summed E-state index contributed by atoms with van der Waals surface area (Å²) in [5.41, 5.74) is 2.14. The van der Waals surface area contributed by atoms with Crippen molar-refractivity contribution >= 4 is 33.9 Å². The standard InChI is InChI=1S/C23H27BrN4O2S/c1-4-7-22-26-27-23(31-16-17-8-11-19(24)12-9-17)28(22)25-15-18-10-13-20(29-5-2)21(14-18)30-6-3/h8-15H,4-7,16H2,1-3H3/b25-15-. The second kappa shape index (κ2) is 11.9. The molecule has 0 amide bonds. The van der Waals surface area contributed by atoms with E-state index in [-0.39, 0.29) is 0 Å². The van der Waals surface area contributed by atoms with E-state index in [9.17, 15) is 0 Å². The first-order chi connectivity index (χ1) is 15.1. The van der Waals surface area contributed by atoms with Crippen LogP contribution in [0.4, 0.5) is 0 Å². The average molecular weight is 503 g/mol. The van der Waals surface area contributed by atoms with Crippen molar-refractivity contribution in [2.75, 3.05) is 13.2 Å². The van der Waals surface area contributed by atoms with Crippen molar-refractivity contribution in [2.24, 2.45) is 5.10 Å². The fourth-order valence-corrected chi connectivity index (χ4v) is 4.01. The second-order valence-electron chi connectivity index (χ2n) is 6.69. The van der Waals surface area contributed by atoms with Crippen molar-refractivity contribution in [3.05, 3.63) is 63.9 Å². The van der Waals surface area contributed by atoms with E-state index in [1.54, 1.807) is 11.8 Å². The minimum Gasteiger partial charge on any atom is -0.490 e. The molecule has 0 unspecified atom stereocenters. The fraction of sp³-hybridized carbons (Fsp3) is 0.348. The Morgan fingerprint density at radius 1 is 1.00 bits per heavy atom. The van der Waals surface area contributed by atoms with Crippen LogP contribution in [0.1, 0.15) is 44.1 Å². The van der Waals surface area contributed by atoms with Gasteiger partial charge in [0, 0.05) is 16.6 Å². The largest absolute Gasteiger partial charge is 0.490 e. The molecule has 0 aliphatic rings. The Morgan fingerprint density at radius 3 is 2.45 bits per heavy atom. The highest BCUT2D eigenvalue weighted by molar-refractivity contribution is 9.10. The molecule has 31 heavy (non-hydrogen) atoms. The minimum atomic E-state index is 0.573. The van der Waals surface area contributed by atoms with E-state index in [2.05, 4.69) is 45.2 Å². The van der Waals surface area contributed by atoms with Crippen molar-refractivity contribution in [1.82, 2.24) is 14.9 Å². The van der Waals surface area contributed by atoms with Gasteiger partial charge in [-0.15, -0.1) is 10.2 Å². The fourth-order valence-electron chi connectivity index (χ4n) is 2.88. The Hall–Kier alpha value is -2.32. The highest BCUT2D eigenvalue weighted by atomic mass is 79.9. The summed E-state index contributed by atoms with van der Waals surface area (Å²) in [4.78, 5) is 0. The molecule has 6 nitrogen and oxygen atoms in total. The normalized spacial score (nSPS) is 11.2. The van der Waals surface area contributed by atoms with Crippen molar-refractivity contribution in [1.29, 1.82) is 0 Å². The van der Waals surface area contributed by atoms with Crippen LogP contribution in [-0.2, 0) is 12.2 Å². The molecule has 0 aliphatic heterocycles. The number of thioether (sulfide) groups is 1. The van der Waals surface area contributed by atoms with Crippen molar-refractivity contribution in [2.45, 2.75) is 44.5 Å². The molecule has 3 rings (SSSR count). The number of hydrogen-bond donors (Lipinski definition) is 0. The molecule has 0 atom stereocenters. The number of rotatable bonds is 11. The number of aryl methyl sites for hydroxylation is 1. The van der Waals surface area contributed by atoms with Crippen LogP contribution >= 0.6 is 27.7 Å². The zero-order valence-electron chi connectivity index (χ0n) is 18.0. The van der Waals surface area contributed by atoms with E-state index in [0.29, 0.717) is 13.2 Å². The lowest BCUT2D eigenvalue weighted by Crippen LogP contribution is -2.01. The van der Waals surface area contributed by atoms with E-state index in [1.165, 1.54) is 5.56 Å². The van der Waals surface area contributed by atoms with Crippen molar-refractivity contribution in [3.8, 4) is 11.5 Å². The van der Waals surface area contributed by atoms with Crippen LogP contribution in [0.3, 0.4) is 0 Å². The number of aromatic nitrogens is 3. The third kappa shape index (κ3) is 6.58. The average Bonchev–Trinajstić information content (AvgIpc) is 3.15. The summed E-state index contributed by atoms with van der Waals surface area (Å²) in [6.07, 6.45) is 3.60. The molecule has 164 valence electrons. The van der Waals surface area contributed by atoms with E-state index in [1.807, 2.05) is 55.1 Å². The first-order valence-electron chi connectivity index (χ1n) is 10.4. The number of hydrogen-bond acceptors (Lipinski definition) is 6. The van der Waals surface area contributed by atoms with Gasteiger partial charge in [-0.25, -0.2) is 0 Å². The Labute approximate surface area is 196 Å². The van der Waals surface area contributed by atoms with Gasteiger partial charge in [-0.3, -0.25) is 0 Å². The van der Waals surface area contributed by atoms with E-state index in [0.717, 1.165) is 51.1 Å². The van der Waals surface area contributed by atoms with Crippen LogP contribution in [0, 0.1) is 0 Å². The third-order valence-electron chi connectivity index (χ3n) is 4.32. The Morgan fingerprint density at radius 2 is 1.74 bits per heavy atom. The number of nitrogens with zero attached hydrogens (tertiary/aromatic N) is 4. The molecular formula is C23H27BrN4O2S. The van der Waals surface area contributed by atoms with Gasteiger partial charge in [0.25, 0.3) is 0 Å². The molecule has 0 radical (unpaired) electrons. The van der Waals surface area contributed by atoms with Crippen molar-refractivity contribution in [3.63, 3.8) is 0 Å². The van der Waals surface area contributed by atoms with E-state index < -0.39 is 0 Å². The maximum absolute atomic E-state index is 5.72. The molecule has 3 aromatic rings. The summed E-state index contributed by atoms with van der Waals surface area (Å²) in [6.45, 7) is 7.20. The summed E-state index contributed by atoms with van der Waals surface area (Å²) in [7, 11) is 0. The van der Waals surface area contributed by atoms with Crippen LogP contribution in [0.25, 0.3) is 0 Å². The van der Waals surface area contributed by atoms with Crippen LogP contribution in [-0.4, -0.2) is 34.3 Å². The van der Waals surface area contributed by atoms with E-state index in [4.69, 9.17) is 14.6 Å². The van der Waals surface area contributed by atoms with Gasteiger partial charge in [0.05, 0.1) is 19.4 Å². The summed E-state index contributed by atoms with van der Waals surface area (Å²) in [5, 5.41) is 14.2. The first kappa shape index (κ1) is 23.3.